The summed E-state index contributed by atoms with van der Waals surface area (Å²) in [6.45, 7) is 3.66. The van der Waals surface area contributed by atoms with Crippen molar-refractivity contribution in [3.63, 3.8) is 0 Å². The molecule has 1 fully saturated rings. The average Bonchev–Trinajstić information content (AvgIpc) is 3.45. The van der Waals surface area contributed by atoms with Gasteiger partial charge in [0.25, 0.3) is 11.7 Å². The zero-order chi connectivity index (χ0) is 24.1. The lowest BCUT2D eigenvalue weighted by molar-refractivity contribution is -0.139. The molecule has 1 aliphatic rings. The smallest absolute Gasteiger partial charge is 0.295 e. The van der Waals surface area contributed by atoms with Crippen LogP contribution >= 0.6 is 15.9 Å². The number of hydrogen-bond donors (Lipinski definition) is 1. The number of ether oxygens (including phenoxy) is 1. The number of hydrogen-bond acceptors (Lipinski definition) is 5. The van der Waals surface area contributed by atoms with Crippen LogP contribution in [0.2, 0.25) is 0 Å². The Labute approximate surface area is 206 Å². The zero-order valence-corrected chi connectivity index (χ0v) is 20.4. The topological polar surface area (TPSA) is 84.7 Å². The third kappa shape index (κ3) is 5.07. The molecule has 3 aromatic rings. The van der Waals surface area contributed by atoms with Crippen LogP contribution in [0.3, 0.4) is 0 Å². The summed E-state index contributed by atoms with van der Waals surface area (Å²) in [5, 5.41) is 11.1. The van der Waals surface area contributed by atoms with Crippen LogP contribution in [0, 0.1) is 0 Å². The highest BCUT2D eigenvalue weighted by molar-refractivity contribution is 9.10. The molecule has 1 saturated heterocycles. The van der Waals surface area contributed by atoms with Gasteiger partial charge < -0.3 is 19.3 Å². The number of carbonyl (C=O) groups excluding carboxylic acids is 2. The van der Waals surface area contributed by atoms with Gasteiger partial charge in [-0.05, 0) is 42.7 Å². The van der Waals surface area contributed by atoms with Crippen molar-refractivity contribution in [3.8, 4) is 5.75 Å². The van der Waals surface area contributed by atoms with Gasteiger partial charge in [0, 0.05) is 35.5 Å². The summed E-state index contributed by atoms with van der Waals surface area (Å²) in [6.07, 6.45) is 6.80. The predicted octanol–water partition coefficient (Wildman–Crippen LogP) is 4.95. The largest absolute Gasteiger partial charge is 0.507 e. The Morgan fingerprint density at radius 2 is 1.82 bits per heavy atom. The van der Waals surface area contributed by atoms with E-state index in [9.17, 15) is 14.7 Å². The van der Waals surface area contributed by atoms with E-state index in [0.29, 0.717) is 31.7 Å². The number of halogens is 1. The fraction of sp³-hybridized carbons (Fsp3) is 0.269. The first-order chi connectivity index (χ1) is 16.5. The van der Waals surface area contributed by atoms with Crippen molar-refractivity contribution in [2.75, 3.05) is 13.2 Å². The summed E-state index contributed by atoms with van der Waals surface area (Å²) in [5.74, 6) is -0.755. The normalized spacial score (nSPS) is 17.4. The molecule has 2 heterocycles. The van der Waals surface area contributed by atoms with E-state index >= 15 is 0 Å². The molecule has 1 amide bonds. The predicted molar refractivity (Wildman–Crippen MR) is 132 cm³/mol. The minimum atomic E-state index is -0.688. The summed E-state index contributed by atoms with van der Waals surface area (Å²) in [4.78, 5) is 31.8. The van der Waals surface area contributed by atoms with Gasteiger partial charge in [-0.2, -0.15) is 0 Å². The highest BCUT2D eigenvalue weighted by atomic mass is 79.9. The van der Waals surface area contributed by atoms with Crippen molar-refractivity contribution in [1.29, 1.82) is 0 Å². The number of aliphatic hydroxyl groups is 1. The first kappa shape index (κ1) is 23.8. The lowest BCUT2D eigenvalue weighted by atomic mass is 9.95. The molecule has 0 saturated carbocycles. The van der Waals surface area contributed by atoms with Crippen molar-refractivity contribution >= 4 is 33.4 Å². The van der Waals surface area contributed by atoms with Crippen molar-refractivity contribution in [2.24, 2.45) is 0 Å². The molecule has 2 aromatic carbocycles. The number of benzene rings is 2. The third-order valence-corrected chi connectivity index (χ3v) is 6.23. The van der Waals surface area contributed by atoms with Gasteiger partial charge in [0.15, 0.2) is 0 Å². The van der Waals surface area contributed by atoms with E-state index in [4.69, 9.17) is 4.74 Å². The van der Waals surface area contributed by atoms with Gasteiger partial charge in [0.2, 0.25) is 0 Å². The van der Waals surface area contributed by atoms with Crippen molar-refractivity contribution < 1.29 is 19.4 Å². The molecular formula is C26H26BrN3O4. The maximum absolute atomic E-state index is 13.1. The van der Waals surface area contributed by atoms with E-state index in [1.165, 1.54) is 0 Å². The fourth-order valence-electron chi connectivity index (χ4n) is 4.03. The maximum atomic E-state index is 13.1. The molecule has 1 unspecified atom stereocenters. The average molecular weight is 524 g/mol. The second kappa shape index (κ2) is 10.7. The number of aryl methyl sites for hydroxylation is 1. The Morgan fingerprint density at radius 3 is 2.47 bits per heavy atom. The van der Waals surface area contributed by atoms with Crippen LogP contribution in [0.4, 0.5) is 0 Å². The van der Waals surface area contributed by atoms with Gasteiger partial charge in [0.05, 0.1) is 24.5 Å². The Bertz CT molecular complexity index is 1170. The molecule has 176 valence electrons. The number of ketones is 1. The summed E-state index contributed by atoms with van der Waals surface area (Å²) in [6, 6.07) is 13.7. The maximum Gasteiger partial charge on any atom is 0.295 e. The van der Waals surface area contributed by atoms with Crippen LogP contribution in [0.25, 0.3) is 5.76 Å². The molecule has 1 aromatic heterocycles. The van der Waals surface area contributed by atoms with Gasteiger partial charge in [-0.1, -0.05) is 47.1 Å². The van der Waals surface area contributed by atoms with E-state index in [1.807, 2.05) is 42.0 Å². The molecule has 0 radical (unpaired) electrons. The molecule has 1 atom stereocenters. The van der Waals surface area contributed by atoms with Crippen LogP contribution in [0.1, 0.15) is 36.9 Å². The third-order valence-electron chi connectivity index (χ3n) is 5.70. The minimum Gasteiger partial charge on any atom is -0.507 e. The monoisotopic (exact) mass is 523 g/mol. The van der Waals surface area contributed by atoms with E-state index in [0.717, 1.165) is 22.2 Å². The number of rotatable bonds is 9. The quantitative estimate of drug-likeness (QED) is 0.243. The summed E-state index contributed by atoms with van der Waals surface area (Å²) in [7, 11) is 0. The molecule has 0 aliphatic carbocycles. The number of aromatic nitrogens is 2. The number of amides is 1. The molecule has 0 bridgehead atoms. The van der Waals surface area contributed by atoms with Gasteiger partial charge in [-0.3, -0.25) is 9.59 Å². The summed E-state index contributed by atoms with van der Waals surface area (Å²) < 4.78 is 8.46. The number of carbonyl (C=O) groups is 2. The van der Waals surface area contributed by atoms with Crippen LogP contribution in [-0.2, 0) is 16.1 Å². The molecule has 8 heteroatoms. The Kier molecular flexibility index (Phi) is 7.47. The number of Topliss-reactive ketones (excluding diaryl/α,β-unsaturated/α-hetero) is 1. The van der Waals surface area contributed by atoms with Crippen molar-refractivity contribution in [2.45, 2.75) is 32.4 Å². The van der Waals surface area contributed by atoms with Crippen molar-refractivity contribution in [1.82, 2.24) is 14.5 Å². The number of likely N-dealkylation sites (tertiary alicyclic amines) is 1. The highest BCUT2D eigenvalue weighted by Crippen LogP contribution is 2.40. The second-order valence-electron chi connectivity index (χ2n) is 8.07. The first-order valence-corrected chi connectivity index (χ1v) is 12.0. The van der Waals surface area contributed by atoms with Gasteiger partial charge >= 0.3 is 0 Å². The molecular weight excluding hydrogens is 498 g/mol. The zero-order valence-electron chi connectivity index (χ0n) is 18.9. The standard InChI is InChI=1S/C26H26BrN3O4/c1-2-16-34-21-10-6-18(7-11-21)23-22(24(31)19-4-8-20(27)9-5-19)25(32)26(33)30(23)14-3-13-29-15-12-28-17-29/h4-12,15,17,23,31H,2-3,13-14,16H2,1H3/b24-22-. The van der Waals surface area contributed by atoms with E-state index in [-0.39, 0.29) is 11.3 Å². The lowest BCUT2D eigenvalue weighted by Gasteiger charge is -2.25. The number of nitrogens with zero attached hydrogens (tertiary/aromatic N) is 3. The van der Waals surface area contributed by atoms with Crippen LogP contribution in [0.5, 0.6) is 5.75 Å². The molecule has 1 aliphatic heterocycles. The van der Waals surface area contributed by atoms with E-state index in [2.05, 4.69) is 20.9 Å². The SMILES string of the molecule is CCCOc1ccc(C2/C(=C(/O)c3ccc(Br)cc3)C(=O)C(=O)N2CCCn2ccnc2)cc1. The minimum absolute atomic E-state index is 0.0946. The Hall–Kier alpha value is -3.39. The first-order valence-electron chi connectivity index (χ1n) is 11.2. The van der Waals surface area contributed by atoms with Crippen LogP contribution in [0.15, 0.2) is 77.3 Å². The van der Waals surface area contributed by atoms with Crippen molar-refractivity contribution in [3.05, 3.63) is 88.4 Å². The van der Waals surface area contributed by atoms with E-state index in [1.54, 1.807) is 41.7 Å². The molecule has 7 nitrogen and oxygen atoms in total. The molecule has 0 spiro atoms. The van der Waals surface area contributed by atoms with Gasteiger partial charge in [0.1, 0.15) is 11.5 Å². The highest BCUT2D eigenvalue weighted by Gasteiger charge is 2.45. The summed E-state index contributed by atoms with van der Waals surface area (Å²) >= 11 is 3.38. The Balaban J connectivity index is 1.69. The number of imidazole rings is 1. The summed E-state index contributed by atoms with van der Waals surface area (Å²) in [5.41, 5.74) is 1.31. The lowest BCUT2D eigenvalue weighted by Crippen LogP contribution is -2.31. The second-order valence-corrected chi connectivity index (χ2v) is 8.99. The van der Waals surface area contributed by atoms with Crippen LogP contribution in [-0.4, -0.2) is 44.4 Å². The molecule has 4 rings (SSSR count). The molecule has 34 heavy (non-hydrogen) atoms. The fourth-order valence-corrected chi connectivity index (χ4v) is 4.29. The van der Waals surface area contributed by atoms with Gasteiger partial charge in [-0.15, -0.1) is 0 Å². The Morgan fingerprint density at radius 1 is 1.09 bits per heavy atom. The number of aliphatic hydroxyl groups excluding tert-OH is 1. The molecule has 1 N–H and O–H groups in total. The van der Waals surface area contributed by atoms with Crippen LogP contribution < -0.4 is 4.74 Å². The van der Waals surface area contributed by atoms with E-state index < -0.39 is 17.7 Å². The van der Waals surface area contributed by atoms with Gasteiger partial charge in [-0.25, -0.2) is 4.98 Å².